The number of thioether (sulfide) groups is 1. The SMILES string of the molecule is CSc1ccc(-c2cc([N+](=O)[O-])ccc2C(C)=O)cc1. The molecule has 2 rings (SSSR count). The minimum Gasteiger partial charge on any atom is -0.294 e. The van der Waals surface area contributed by atoms with E-state index in [0.29, 0.717) is 11.1 Å². The van der Waals surface area contributed by atoms with Crippen LogP contribution in [0.3, 0.4) is 0 Å². The van der Waals surface area contributed by atoms with Gasteiger partial charge in [0.25, 0.3) is 5.69 Å². The van der Waals surface area contributed by atoms with Crippen LogP contribution in [0.1, 0.15) is 17.3 Å². The van der Waals surface area contributed by atoms with Crippen LogP contribution >= 0.6 is 11.8 Å². The molecule has 0 amide bonds. The molecule has 0 spiro atoms. The lowest BCUT2D eigenvalue weighted by molar-refractivity contribution is -0.384. The van der Waals surface area contributed by atoms with Gasteiger partial charge in [0.2, 0.25) is 0 Å². The fourth-order valence-corrected chi connectivity index (χ4v) is 2.37. The maximum atomic E-state index is 11.7. The first-order valence-corrected chi connectivity index (χ1v) is 7.19. The van der Waals surface area contributed by atoms with Gasteiger partial charge in [-0.3, -0.25) is 14.9 Å². The number of benzene rings is 2. The summed E-state index contributed by atoms with van der Waals surface area (Å²) in [5.41, 5.74) is 1.88. The van der Waals surface area contributed by atoms with E-state index in [1.807, 2.05) is 30.5 Å². The number of rotatable bonds is 4. The molecule has 4 nitrogen and oxygen atoms in total. The summed E-state index contributed by atoms with van der Waals surface area (Å²) in [6.45, 7) is 1.46. The Morgan fingerprint density at radius 2 is 1.80 bits per heavy atom. The van der Waals surface area contributed by atoms with Gasteiger partial charge in [-0.15, -0.1) is 11.8 Å². The van der Waals surface area contributed by atoms with Gasteiger partial charge < -0.3 is 0 Å². The second-order valence-corrected chi connectivity index (χ2v) is 5.15. The van der Waals surface area contributed by atoms with Crippen LogP contribution < -0.4 is 0 Å². The highest BCUT2D eigenvalue weighted by Gasteiger charge is 2.14. The Balaban J connectivity index is 2.58. The van der Waals surface area contributed by atoms with Crippen LogP contribution in [0.2, 0.25) is 0 Å². The molecule has 0 aliphatic carbocycles. The molecular weight excluding hydrogens is 274 g/mol. The van der Waals surface area contributed by atoms with Crippen LogP contribution in [0.4, 0.5) is 5.69 Å². The monoisotopic (exact) mass is 287 g/mol. The van der Waals surface area contributed by atoms with Crippen molar-refractivity contribution in [2.75, 3.05) is 6.26 Å². The molecule has 0 bridgehead atoms. The number of hydrogen-bond acceptors (Lipinski definition) is 4. The van der Waals surface area contributed by atoms with Crippen LogP contribution in [-0.4, -0.2) is 17.0 Å². The summed E-state index contributed by atoms with van der Waals surface area (Å²) in [6, 6.07) is 11.9. The molecule has 0 radical (unpaired) electrons. The third-order valence-electron chi connectivity index (χ3n) is 2.99. The number of ketones is 1. The summed E-state index contributed by atoms with van der Waals surface area (Å²) in [7, 11) is 0. The van der Waals surface area contributed by atoms with Crippen LogP contribution in [0, 0.1) is 10.1 Å². The molecule has 0 saturated heterocycles. The fourth-order valence-electron chi connectivity index (χ4n) is 1.96. The van der Waals surface area contributed by atoms with E-state index in [9.17, 15) is 14.9 Å². The average molecular weight is 287 g/mol. The third-order valence-corrected chi connectivity index (χ3v) is 3.74. The highest BCUT2D eigenvalue weighted by Crippen LogP contribution is 2.29. The Hall–Kier alpha value is -2.14. The Bertz CT molecular complexity index is 665. The molecule has 0 aromatic heterocycles. The van der Waals surface area contributed by atoms with Gasteiger partial charge in [0.15, 0.2) is 5.78 Å². The summed E-state index contributed by atoms with van der Waals surface area (Å²) in [6.07, 6.45) is 1.98. The first-order valence-electron chi connectivity index (χ1n) is 5.96. The summed E-state index contributed by atoms with van der Waals surface area (Å²) >= 11 is 1.62. The van der Waals surface area contributed by atoms with Crippen molar-refractivity contribution in [2.24, 2.45) is 0 Å². The number of hydrogen-bond donors (Lipinski definition) is 0. The lowest BCUT2D eigenvalue weighted by Gasteiger charge is -2.08. The maximum absolute atomic E-state index is 11.7. The van der Waals surface area contributed by atoms with Crippen molar-refractivity contribution >= 4 is 23.2 Å². The first-order chi connectivity index (χ1) is 9.52. The molecule has 102 valence electrons. The number of carbonyl (C=O) groups excluding carboxylic acids is 1. The zero-order valence-electron chi connectivity index (χ0n) is 11.1. The molecular formula is C15H13NO3S. The second kappa shape index (κ2) is 5.88. The van der Waals surface area contributed by atoms with Crippen molar-refractivity contribution in [3.63, 3.8) is 0 Å². The zero-order valence-corrected chi connectivity index (χ0v) is 11.9. The molecule has 0 unspecified atom stereocenters. The van der Waals surface area contributed by atoms with E-state index in [2.05, 4.69) is 0 Å². The van der Waals surface area contributed by atoms with E-state index in [1.54, 1.807) is 11.8 Å². The normalized spacial score (nSPS) is 10.3. The number of nitro benzene ring substituents is 1. The number of carbonyl (C=O) groups is 1. The van der Waals surface area contributed by atoms with Crippen LogP contribution in [0.15, 0.2) is 47.4 Å². The predicted molar refractivity (Wildman–Crippen MR) is 80.3 cm³/mol. The molecule has 0 aliphatic heterocycles. The quantitative estimate of drug-likeness (QED) is 0.366. The number of Topliss-reactive ketones (excluding diaryl/α,β-unsaturated/α-hetero) is 1. The van der Waals surface area contributed by atoms with Crippen molar-refractivity contribution in [1.82, 2.24) is 0 Å². The van der Waals surface area contributed by atoms with Gasteiger partial charge in [-0.2, -0.15) is 0 Å². The van der Waals surface area contributed by atoms with Crippen molar-refractivity contribution in [1.29, 1.82) is 0 Å². The molecule has 2 aromatic rings. The van der Waals surface area contributed by atoms with Crippen LogP contribution in [0.5, 0.6) is 0 Å². The van der Waals surface area contributed by atoms with Crippen molar-refractivity contribution in [2.45, 2.75) is 11.8 Å². The minimum absolute atomic E-state index is 0.0149. The van der Waals surface area contributed by atoms with Crippen LogP contribution in [-0.2, 0) is 0 Å². The third kappa shape index (κ3) is 2.88. The van der Waals surface area contributed by atoms with E-state index < -0.39 is 4.92 Å². The Labute approximate surface area is 121 Å². The van der Waals surface area contributed by atoms with Gasteiger partial charge in [-0.25, -0.2) is 0 Å². The standard InChI is InChI=1S/C15H13NO3S/c1-10(17)14-8-5-12(16(18)19)9-15(14)11-3-6-13(20-2)7-4-11/h3-9H,1-2H3. The van der Waals surface area contributed by atoms with Gasteiger partial charge in [0, 0.05) is 22.6 Å². The first kappa shape index (κ1) is 14.3. The predicted octanol–water partition coefficient (Wildman–Crippen LogP) is 4.19. The van der Waals surface area contributed by atoms with E-state index in [4.69, 9.17) is 0 Å². The molecule has 2 aromatic carbocycles. The summed E-state index contributed by atoms with van der Waals surface area (Å²) < 4.78 is 0. The molecule has 0 N–H and O–H groups in total. The highest BCUT2D eigenvalue weighted by molar-refractivity contribution is 7.98. The molecule has 5 heteroatoms. The Morgan fingerprint density at radius 1 is 1.15 bits per heavy atom. The van der Waals surface area contributed by atoms with Crippen LogP contribution in [0.25, 0.3) is 11.1 Å². The van der Waals surface area contributed by atoms with Crippen molar-refractivity contribution in [3.05, 3.63) is 58.1 Å². The average Bonchev–Trinajstić information content (AvgIpc) is 2.46. The number of non-ortho nitro benzene ring substituents is 1. The van der Waals surface area contributed by atoms with E-state index in [0.717, 1.165) is 10.5 Å². The van der Waals surface area contributed by atoms with E-state index >= 15 is 0 Å². The lowest BCUT2D eigenvalue weighted by Crippen LogP contribution is -1.98. The van der Waals surface area contributed by atoms with Crippen molar-refractivity contribution in [3.8, 4) is 11.1 Å². The molecule has 20 heavy (non-hydrogen) atoms. The summed E-state index contributed by atoms with van der Waals surface area (Å²) in [4.78, 5) is 23.2. The van der Waals surface area contributed by atoms with E-state index in [1.165, 1.54) is 25.1 Å². The second-order valence-electron chi connectivity index (χ2n) is 4.27. The van der Waals surface area contributed by atoms with E-state index in [-0.39, 0.29) is 11.5 Å². The molecule has 0 saturated carbocycles. The van der Waals surface area contributed by atoms with Gasteiger partial charge in [0.05, 0.1) is 4.92 Å². The molecule has 0 fully saturated rings. The van der Waals surface area contributed by atoms with Gasteiger partial charge in [-0.1, -0.05) is 12.1 Å². The highest BCUT2D eigenvalue weighted by atomic mass is 32.2. The number of nitrogens with zero attached hydrogens (tertiary/aromatic N) is 1. The largest absolute Gasteiger partial charge is 0.294 e. The molecule has 0 heterocycles. The topological polar surface area (TPSA) is 60.2 Å². The smallest absolute Gasteiger partial charge is 0.270 e. The van der Waals surface area contributed by atoms with Gasteiger partial charge >= 0.3 is 0 Å². The summed E-state index contributed by atoms with van der Waals surface area (Å²) in [5, 5.41) is 10.9. The maximum Gasteiger partial charge on any atom is 0.270 e. The zero-order chi connectivity index (χ0) is 14.7. The van der Waals surface area contributed by atoms with Gasteiger partial charge in [0.1, 0.15) is 0 Å². The lowest BCUT2D eigenvalue weighted by atomic mass is 9.97. The number of nitro groups is 1. The fraction of sp³-hybridized carbons (Fsp3) is 0.133. The summed E-state index contributed by atoms with van der Waals surface area (Å²) in [5.74, 6) is -0.108. The molecule has 0 atom stereocenters. The van der Waals surface area contributed by atoms with Crippen molar-refractivity contribution < 1.29 is 9.72 Å². The molecule has 0 aliphatic rings. The minimum atomic E-state index is -0.455. The Kier molecular flexibility index (Phi) is 4.20. The van der Waals surface area contributed by atoms with Gasteiger partial charge in [-0.05, 0) is 42.5 Å². The Morgan fingerprint density at radius 3 is 2.30 bits per heavy atom.